The first-order chi connectivity index (χ1) is 9.01. The standard InChI is InChI=1S/C18H29N/c1-5-15-6-7-18(19)16(10-15)11-17-13(3)8-12(2)9-14(17)4/h8-9,15-16,18H,5-7,10-11,19H2,1-4H3. The topological polar surface area (TPSA) is 26.0 Å². The molecule has 0 heterocycles. The molecule has 1 aliphatic carbocycles. The highest BCUT2D eigenvalue weighted by atomic mass is 14.7. The van der Waals surface area contributed by atoms with Crippen LogP contribution in [0.4, 0.5) is 0 Å². The minimum atomic E-state index is 0.405. The molecular formula is C18H29N. The second-order valence-electron chi connectivity index (χ2n) is 6.59. The number of rotatable bonds is 3. The van der Waals surface area contributed by atoms with Crippen LogP contribution in [-0.4, -0.2) is 6.04 Å². The van der Waals surface area contributed by atoms with E-state index in [0.29, 0.717) is 12.0 Å². The van der Waals surface area contributed by atoms with Crippen molar-refractivity contribution < 1.29 is 0 Å². The molecule has 0 spiro atoms. The maximum Gasteiger partial charge on any atom is 0.00705 e. The van der Waals surface area contributed by atoms with E-state index in [4.69, 9.17) is 5.73 Å². The summed E-state index contributed by atoms with van der Waals surface area (Å²) in [5.74, 6) is 1.58. The fourth-order valence-electron chi connectivity index (χ4n) is 3.78. The van der Waals surface area contributed by atoms with Gasteiger partial charge in [-0.1, -0.05) is 31.0 Å². The molecule has 1 aromatic carbocycles. The lowest BCUT2D eigenvalue weighted by Crippen LogP contribution is -2.37. The number of hydrogen-bond donors (Lipinski definition) is 1. The largest absolute Gasteiger partial charge is 0.327 e. The summed E-state index contributed by atoms with van der Waals surface area (Å²) in [7, 11) is 0. The Bertz CT molecular complexity index is 412. The Kier molecular flexibility index (Phi) is 4.67. The molecule has 2 rings (SSSR count). The van der Waals surface area contributed by atoms with Gasteiger partial charge in [0, 0.05) is 6.04 Å². The minimum Gasteiger partial charge on any atom is -0.327 e. The third-order valence-corrected chi connectivity index (χ3v) is 5.03. The van der Waals surface area contributed by atoms with Gasteiger partial charge in [0.05, 0.1) is 0 Å². The Labute approximate surface area is 118 Å². The molecule has 3 unspecified atom stereocenters. The second kappa shape index (κ2) is 6.09. The van der Waals surface area contributed by atoms with Crippen LogP contribution in [0, 0.1) is 32.6 Å². The summed E-state index contributed by atoms with van der Waals surface area (Å²) in [6.45, 7) is 9.01. The van der Waals surface area contributed by atoms with Gasteiger partial charge in [-0.25, -0.2) is 0 Å². The fraction of sp³-hybridized carbons (Fsp3) is 0.667. The van der Waals surface area contributed by atoms with Crippen LogP contribution >= 0.6 is 0 Å². The summed E-state index contributed by atoms with van der Waals surface area (Å²) in [4.78, 5) is 0. The predicted molar refractivity (Wildman–Crippen MR) is 83.5 cm³/mol. The molecular weight excluding hydrogens is 230 g/mol. The Hall–Kier alpha value is -0.820. The van der Waals surface area contributed by atoms with Crippen LogP contribution in [0.25, 0.3) is 0 Å². The molecule has 1 aliphatic rings. The first-order valence-corrected chi connectivity index (χ1v) is 7.83. The average Bonchev–Trinajstić information content (AvgIpc) is 2.35. The smallest absolute Gasteiger partial charge is 0.00705 e. The fourth-order valence-corrected chi connectivity index (χ4v) is 3.78. The summed E-state index contributed by atoms with van der Waals surface area (Å²) in [5.41, 5.74) is 12.2. The van der Waals surface area contributed by atoms with Crippen molar-refractivity contribution in [2.75, 3.05) is 0 Å². The van der Waals surface area contributed by atoms with Crippen molar-refractivity contribution in [3.05, 3.63) is 34.4 Å². The van der Waals surface area contributed by atoms with Crippen molar-refractivity contribution in [2.24, 2.45) is 17.6 Å². The van der Waals surface area contributed by atoms with Gasteiger partial charge in [-0.15, -0.1) is 0 Å². The molecule has 3 atom stereocenters. The van der Waals surface area contributed by atoms with Crippen LogP contribution in [0.2, 0.25) is 0 Å². The van der Waals surface area contributed by atoms with Gasteiger partial charge in [0.2, 0.25) is 0 Å². The molecule has 1 nitrogen and oxygen atoms in total. The Balaban J connectivity index is 2.15. The maximum absolute atomic E-state index is 6.37. The van der Waals surface area contributed by atoms with Gasteiger partial charge in [0.1, 0.15) is 0 Å². The van der Waals surface area contributed by atoms with Crippen LogP contribution < -0.4 is 5.73 Å². The third-order valence-electron chi connectivity index (χ3n) is 5.03. The highest BCUT2D eigenvalue weighted by Crippen LogP contribution is 2.33. The maximum atomic E-state index is 6.37. The predicted octanol–water partition coefficient (Wildman–Crippen LogP) is 4.31. The highest BCUT2D eigenvalue weighted by Gasteiger charge is 2.28. The normalized spacial score (nSPS) is 27.5. The first kappa shape index (κ1) is 14.6. The van der Waals surface area contributed by atoms with E-state index in [9.17, 15) is 0 Å². The molecule has 0 aliphatic heterocycles. The van der Waals surface area contributed by atoms with Crippen molar-refractivity contribution in [1.82, 2.24) is 0 Å². The van der Waals surface area contributed by atoms with E-state index in [0.717, 1.165) is 5.92 Å². The summed E-state index contributed by atoms with van der Waals surface area (Å²) in [6.07, 6.45) is 6.36. The number of benzene rings is 1. The molecule has 0 bridgehead atoms. The molecule has 1 saturated carbocycles. The quantitative estimate of drug-likeness (QED) is 0.860. The summed E-state index contributed by atoms with van der Waals surface area (Å²) in [5, 5.41) is 0. The number of aryl methyl sites for hydroxylation is 3. The lowest BCUT2D eigenvalue weighted by Gasteiger charge is -2.34. The molecule has 106 valence electrons. The van der Waals surface area contributed by atoms with Crippen molar-refractivity contribution in [2.45, 2.75) is 65.8 Å². The van der Waals surface area contributed by atoms with E-state index in [2.05, 4.69) is 39.8 Å². The van der Waals surface area contributed by atoms with E-state index in [-0.39, 0.29) is 0 Å². The van der Waals surface area contributed by atoms with Crippen molar-refractivity contribution in [3.8, 4) is 0 Å². The molecule has 1 heteroatoms. The zero-order valence-corrected chi connectivity index (χ0v) is 13.0. The van der Waals surface area contributed by atoms with Gasteiger partial charge in [-0.2, -0.15) is 0 Å². The van der Waals surface area contributed by atoms with Crippen LogP contribution in [0.5, 0.6) is 0 Å². The van der Waals surface area contributed by atoms with Crippen molar-refractivity contribution in [1.29, 1.82) is 0 Å². The van der Waals surface area contributed by atoms with E-state index in [1.54, 1.807) is 5.56 Å². The molecule has 1 aromatic rings. The van der Waals surface area contributed by atoms with E-state index >= 15 is 0 Å². The first-order valence-electron chi connectivity index (χ1n) is 7.83. The molecule has 19 heavy (non-hydrogen) atoms. The third kappa shape index (κ3) is 3.39. The monoisotopic (exact) mass is 259 g/mol. The van der Waals surface area contributed by atoms with Gasteiger partial charge in [0.25, 0.3) is 0 Å². The van der Waals surface area contributed by atoms with Crippen LogP contribution in [0.15, 0.2) is 12.1 Å². The molecule has 0 saturated heterocycles. The molecule has 2 N–H and O–H groups in total. The van der Waals surface area contributed by atoms with Gasteiger partial charge >= 0.3 is 0 Å². The summed E-state index contributed by atoms with van der Waals surface area (Å²) < 4.78 is 0. The lowest BCUT2D eigenvalue weighted by atomic mass is 9.74. The second-order valence-corrected chi connectivity index (χ2v) is 6.59. The van der Waals surface area contributed by atoms with E-state index in [1.807, 2.05) is 0 Å². The highest BCUT2D eigenvalue weighted by molar-refractivity contribution is 5.37. The van der Waals surface area contributed by atoms with Crippen molar-refractivity contribution in [3.63, 3.8) is 0 Å². The van der Waals surface area contributed by atoms with E-state index < -0.39 is 0 Å². The Morgan fingerprint density at radius 3 is 2.32 bits per heavy atom. The van der Waals surface area contributed by atoms with Gasteiger partial charge < -0.3 is 5.73 Å². The van der Waals surface area contributed by atoms with Crippen LogP contribution in [-0.2, 0) is 6.42 Å². The van der Waals surface area contributed by atoms with Gasteiger partial charge in [-0.05, 0) is 75.0 Å². The molecule has 0 amide bonds. The van der Waals surface area contributed by atoms with E-state index in [1.165, 1.54) is 48.8 Å². The summed E-state index contributed by atoms with van der Waals surface area (Å²) >= 11 is 0. The lowest BCUT2D eigenvalue weighted by molar-refractivity contribution is 0.227. The SMILES string of the molecule is CCC1CCC(N)C(Cc2c(C)cc(C)cc2C)C1. The molecule has 1 fully saturated rings. The average molecular weight is 259 g/mol. The minimum absolute atomic E-state index is 0.405. The van der Waals surface area contributed by atoms with Crippen LogP contribution in [0.3, 0.4) is 0 Å². The molecule has 0 aromatic heterocycles. The van der Waals surface area contributed by atoms with Gasteiger partial charge in [0.15, 0.2) is 0 Å². The van der Waals surface area contributed by atoms with Gasteiger partial charge in [-0.3, -0.25) is 0 Å². The molecule has 0 radical (unpaired) electrons. The van der Waals surface area contributed by atoms with Crippen LogP contribution in [0.1, 0.15) is 54.9 Å². The number of hydrogen-bond acceptors (Lipinski definition) is 1. The zero-order valence-electron chi connectivity index (χ0n) is 13.0. The number of nitrogens with two attached hydrogens (primary N) is 1. The summed E-state index contributed by atoms with van der Waals surface area (Å²) in [6, 6.07) is 5.03. The van der Waals surface area contributed by atoms with Crippen molar-refractivity contribution >= 4 is 0 Å². The zero-order chi connectivity index (χ0) is 14.0. The Morgan fingerprint density at radius 1 is 1.11 bits per heavy atom. The Morgan fingerprint density at radius 2 is 1.74 bits per heavy atom.